The third-order valence-electron chi connectivity index (χ3n) is 1.80. The van der Waals surface area contributed by atoms with Gasteiger partial charge in [-0.25, -0.2) is 4.39 Å². The van der Waals surface area contributed by atoms with Crippen molar-refractivity contribution < 1.29 is 9.13 Å². The molecule has 0 amide bonds. The molecule has 0 fully saturated rings. The molecule has 1 rings (SSSR count). The Labute approximate surface area is 82.5 Å². The predicted octanol–water partition coefficient (Wildman–Crippen LogP) is 3.66. The molecular weight excluding hydrogens is 191 g/mol. The summed E-state index contributed by atoms with van der Waals surface area (Å²) in [6.45, 7) is 3.95. The molecule has 0 aliphatic carbocycles. The molecule has 1 aromatic rings. The van der Waals surface area contributed by atoms with Crippen LogP contribution in [-0.4, -0.2) is 6.10 Å². The van der Waals surface area contributed by atoms with E-state index in [2.05, 4.69) is 0 Å². The van der Waals surface area contributed by atoms with Gasteiger partial charge in [-0.3, -0.25) is 0 Å². The summed E-state index contributed by atoms with van der Waals surface area (Å²) in [4.78, 5) is 0. The van der Waals surface area contributed by atoms with Gasteiger partial charge in [0.2, 0.25) is 0 Å². The van der Waals surface area contributed by atoms with Crippen LogP contribution in [0.5, 0.6) is 5.75 Å². The van der Waals surface area contributed by atoms with E-state index >= 15 is 0 Å². The summed E-state index contributed by atoms with van der Waals surface area (Å²) in [5.74, 6) is 0.0821. The number of benzene rings is 1. The van der Waals surface area contributed by atoms with Crippen molar-refractivity contribution in [3.63, 3.8) is 0 Å². The van der Waals surface area contributed by atoms with Crippen LogP contribution in [0, 0.1) is 5.82 Å². The minimum absolute atomic E-state index is 0.0978. The summed E-state index contributed by atoms with van der Waals surface area (Å²) in [6.07, 6.45) is 0.991. The maximum absolute atomic E-state index is 12.9. The van der Waals surface area contributed by atoms with Crippen LogP contribution in [0.4, 0.5) is 4.39 Å². The Balaban J connectivity index is 2.73. The third kappa shape index (κ3) is 2.88. The lowest BCUT2D eigenvalue weighted by Gasteiger charge is -2.12. The Morgan fingerprint density at radius 2 is 2.23 bits per heavy atom. The Morgan fingerprint density at radius 3 is 2.77 bits per heavy atom. The lowest BCUT2D eigenvalue weighted by atomic mass is 10.3. The standard InChI is InChI=1S/C10H12ClFO/c1-3-7(2)13-8-4-5-9(11)10(12)6-8/h4-7H,3H2,1-2H3. The van der Waals surface area contributed by atoms with Gasteiger partial charge in [0.15, 0.2) is 0 Å². The van der Waals surface area contributed by atoms with Gasteiger partial charge < -0.3 is 4.74 Å². The zero-order chi connectivity index (χ0) is 9.84. The molecule has 0 heterocycles. The van der Waals surface area contributed by atoms with E-state index < -0.39 is 5.82 Å². The fourth-order valence-corrected chi connectivity index (χ4v) is 0.983. The van der Waals surface area contributed by atoms with Crippen LogP contribution in [0.3, 0.4) is 0 Å². The SMILES string of the molecule is CCC(C)Oc1ccc(Cl)c(F)c1. The molecule has 0 aliphatic rings. The van der Waals surface area contributed by atoms with Gasteiger partial charge in [-0.15, -0.1) is 0 Å². The third-order valence-corrected chi connectivity index (χ3v) is 2.11. The Kier molecular flexibility index (Phi) is 3.55. The predicted molar refractivity (Wildman–Crippen MR) is 51.8 cm³/mol. The highest BCUT2D eigenvalue weighted by atomic mass is 35.5. The van der Waals surface area contributed by atoms with Crippen molar-refractivity contribution in [2.24, 2.45) is 0 Å². The number of hydrogen-bond donors (Lipinski definition) is 0. The van der Waals surface area contributed by atoms with Crippen LogP contribution >= 0.6 is 11.6 Å². The first-order chi connectivity index (χ1) is 6.13. The first-order valence-corrected chi connectivity index (χ1v) is 4.63. The van der Waals surface area contributed by atoms with Gasteiger partial charge >= 0.3 is 0 Å². The van der Waals surface area contributed by atoms with Crippen molar-refractivity contribution in [2.45, 2.75) is 26.4 Å². The molecule has 0 aliphatic heterocycles. The number of hydrogen-bond acceptors (Lipinski definition) is 1. The summed E-state index contributed by atoms with van der Waals surface area (Å²) in [6, 6.07) is 4.46. The summed E-state index contributed by atoms with van der Waals surface area (Å²) >= 11 is 5.52. The molecule has 0 saturated heterocycles. The van der Waals surface area contributed by atoms with E-state index in [1.54, 1.807) is 6.07 Å². The summed E-state index contributed by atoms with van der Waals surface area (Å²) in [5, 5.41) is 0.122. The molecule has 72 valence electrons. The highest BCUT2D eigenvalue weighted by molar-refractivity contribution is 6.30. The van der Waals surface area contributed by atoms with Gasteiger partial charge in [0, 0.05) is 6.07 Å². The molecule has 0 aromatic heterocycles. The van der Waals surface area contributed by atoms with Crippen molar-refractivity contribution in [2.75, 3.05) is 0 Å². The molecule has 1 unspecified atom stereocenters. The zero-order valence-electron chi connectivity index (χ0n) is 7.68. The minimum atomic E-state index is -0.442. The lowest BCUT2D eigenvalue weighted by molar-refractivity contribution is 0.216. The zero-order valence-corrected chi connectivity index (χ0v) is 8.44. The fourth-order valence-electron chi connectivity index (χ4n) is 0.866. The Bertz CT molecular complexity index is 288. The maximum atomic E-state index is 12.9. The lowest BCUT2D eigenvalue weighted by Crippen LogP contribution is -2.09. The summed E-state index contributed by atoms with van der Waals surface area (Å²) < 4.78 is 18.3. The van der Waals surface area contributed by atoms with Crippen molar-refractivity contribution in [1.29, 1.82) is 0 Å². The van der Waals surface area contributed by atoms with E-state index in [0.717, 1.165) is 6.42 Å². The van der Waals surface area contributed by atoms with E-state index in [-0.39, 0.29) is 11.1 Å². The molecule has 0 spiro atoms. The van der Waals surface area contributed by atoms with Crippen LogP contribution in [-0.2, 0) is 0 Å². The van der Waals surface area contributed by atoms with Gasteiger partial charge in [-0.05, 0) is 25.5 Å². The molecule has 1 atom stereocenters. The Hall–Kier alpha value is -0.760. The van der Waals surface area contributed by atoms with Gasteiger partial charge in [0.05, 0.1) is 11.1 Å². The van der Waals surface area contributed by atoms with Gasteiger partial charge in [0.1, 0.15) is 11.6 Å². The second kappa shape index (κ2) is 4.47. The molecule has 0 saturated carbocycles. The van der Waals surface area contributed by atoms with Crippen molar-refractivity contribution in [3.05, 3.63) is 29.0 Å². The molecule has 0 radical (unpaired) electrons. The largest absolute Gasteiger partial charge is 0.491 e. The first kappa shape index (κ1) is 10.3. The van der Waals surface area contributed by atoms with Crippen LogP contribution in [0.1, 0.15) is 20.3 Å². The Morgan fingerprint density at radius 1 is 1.54 bits per heavy atom. The number of ether oxygens (including phenoxy) is 1. The van der Waals surface area contributed by atoms with E-state index in [9.17, 15) is 4.39 Å². The molecule has 1 aromatic carbocycles. The summed E-state index contributed by atoms with van der Waals surface area (Å²) in [5.41, 5.74) is 0. The quantitative estimate of drug-likeness (QED) is 0.727. The van der Waals surface area contributed by atoms with E-state index in [1.807, 2.05) is 13.8 Å². The topological polar surface area (TPSA) is 9.23 Å². The second-order valence-electron chi connectivity index (χ2n) is 2.91. The fraction of sp³-hybridized carbons (Fsp3) is 0.400. The smallest absolute Gasteiger partial charge is 0.145 e. The summed E-state index contributed by atoms with van der Waals surface area (Å²) in [7, 11) is 0. The van der Waals surface area contributed by atoms with Gasteiger partial charge in [0.25, 0.3) is 0 Å². The van der Waals surface area contributed by atoms with E-state index in [0.29, 0.717) is 5.75 Å². The number of rotatable bonds is 3. The highest BCUT2D eigenvalue weighted by Crippen LogP contribution is 2.21. The van der Waals surface area contributed by atoms with E-state index in [4.69, 9.17) is 16.3 Å². The average molecular weight is 203 g/mol. The second-order valence-corrected chi connectivity index (χ2v) is 3.32. The van der Waals surface area contributed by atoms with E-state index in [1.165, 1.54) is 12.1 Å². The average Bonchev–Trinajstić information content (AvgIpc) is 2.11. The molecule has 13 heavy (non-hydrogen) atoms. The molecule has 0 bridgehead atoms. The monoisotopic (exact) mass is 202 g/mol. The number of halogens is 2. The van der Waals surface area contributed by atoms with Gasteiger partial charge in [-0.2, -0.15) is 0 Å². The normalized spacial score (nSPS) is 12.6. The van der Waals surface area contributed by atoms with Gasteiger partial charge in [-0.1, -0.05) is 18.5 Å². The van der Waals surface area contributed by atoms with Crippen molar-refractivity contribution in [3.8, 4) is 5.75 Å². The van der Waals surface area contributed by atoms with Crippen LogP contribution in [0.2, 0.25) is 5.02 Å². The first-order valence-electron chi connectivity index (χ1n) is 4.25. The van der Waals surface area contributed by atoms with Crippen molar-refractivity contribution in [1.82, 2.24) is 0 Å². The molecular formula is C10H12ClFO. The molecule has 1 nitrogen and oxygen atoms in total. The molecule has 3 heteroatoms. The van der Waals surface area contributed by atoms with Crippen LogP contribution in [0.25, 0.3) is 0 Å². The van der Waals surface area contributed by atoms with Crippen LogP contribution in [0.15, 0.2) is 18.2 Å². The van der Waals surface area contributed by atoms with Crippen molar-refractivity contribution >= 4 is 11.6 Å². The van der Waals surface area contributed by atoms with Crippen LogP contribution < -0.4 is 4.74 Å². The minimum Gasteiger partial charge on any atom is -0.491 e. The molecule has 0 N–H and O–H groups in total. The maximum Gasteiger partial charge on any atom is 0.145 e. The highest BCUT2D eigenvalue weighted by Gasteiger charge is 2.04.